The Morgan fingerprint density at radius 3 is 2.00 bits per heavy atom. The van der Waals surface area contributed by atoms with Crippen LogP contribution < -0.4 is 10.2 Å². The molecule has 1 aromatic heterocycles. The van der Waals surface area contributed by atoms with Gasteiger partial charge in [0.05, 0.1) is 5.52 Å². The first-order valence-corrected chi connectivity index (χ1v) is 7.99. The second kappa shape index (κ2) is 9.05. The van der Waals surface area contributed by atoms with Crippen LogP contribution in [0.3, 0.4) is 0 Å². The van der Waals surface area contributed by atoms with Gasteiger partial charge in [-0.1, -0.05) is 84.6 Å². The van der Waals surface area contributed by atoms with Crippen molar-refractivity contribution in [3.8, 4) is 22.6 Å². The summed E-state index contributed by atoms with van der Waals surface area (Å²) in [6, 6.07) is 25.9. The quantitative estimate of drug-likeness (QED) is 0.490. The summed E-state index contributed by atoms with van der Waals surface area (Å²) in [5, 5.41) is 23.0. The number of rotatable bonds is 1. The van der Waals surface area contributed by atoms with Gasteiger partial charge in [-0.15, -0.1) is 5.75 Å². The van der Waals surface area contributed by atoms with Gasteiger partial charge in [0.1, 0.15) is 0 Å². The summed E-state index contributed by atoms with van der Waals surface area (Å²) in [4.78, 5) is 4.16. The van der Waals surface area contributed by atoms with E-state index in [2.05, 4.69) is 4.98 Å². The van der Waals surface area contributed by atoms with E-state index in [9.17, 15) is 10.2 Å². The molecule has 0 aliphatic carbocycles. The first kappa shape index (κ1) is 19.5. The van der Waals surface area contributed by atoms with Gasteiger partial charge in [0, 0.05) is 5.69 Å². The van der Waals surface area contributed by atoms with E-state index in [-0.39, 0.29) is 28.9 Å². The molecular formula is C22H17AlNO2+. The van der Waals surface area contributed by atoms with Gasteiger partial charge < -0.3 is 10.2 Å². The summed E-state index contributed by atoms with van der Waals surface area (Å²) in [6.07, 6.45) is 0. The van der Waals surface area contributed by atoms with Gasteiger partial charge in [-0.05, 0) is 29.5 Å². The van der Waals surface area contributed by atoms with Crippen LogP contribution in [0.5, 0.6) is 11.5 Å². The molecular weight excluding hydrogens is 337 g/mol. The van der Waals surface area contributed by atoms with Crippen molar-refractivity contribution in [3.05, 3.63) is 90.6 Å². The second-order valence-corrected chi connectivity index (χ2v) is 5.67. The zero-order chi connectivity index (χ0) is 17.6. The molecule has 3 nitrogen and oxygen atoms in total. The van der Waals surface area contributed by atoms with Crippen LogP contribution >= 0.6 is 0 Å². The van der Waals surface area contributed by atoms with E-state index in [0.717, 1.165) is 22.2 Å². The summed E-state index contributed by atoms with van der Waals surface area (Å²) < 4.78 is 0. The van der Waals surface area contributed by atoms with Gasteiger partial charge in [0.25, 0.3) is 0 Å². The Bertz CT molecular complexity index is 970. The number of nitrogens with zero attached hydrogens (tertiary/aromatic N) is 1. The van der Waals surface area contributed by atoms with Crippen molar-refractivity contribution >= 4 is 28.3 Å². The zero-order valence-corrected chi connectivity index (χ0v) is 15.6. The molecule has 1 heterocycles. The van der Waals surface area contributed by atoms with Crippen molar-refractivity contribution in [3.63, 3.8) is 0 Å². The Labute approximate surface area is 163 Å². The summed E-state index contributed by atoms with van der Waals surface area (Å²) in [6.45, 7) is 1.88. The minimum absolute atomic E-state index is 0. The molecule has 4 heteroatoms. The van der Waals surface area contributed by atoms with Crippen molar-refractivity contribution in [2.45, 2.75) is 6.92 Å². The third-order valence-electron chi connectivity index (χ3n) is 3.78. The maximum atomic E-state index is 11.3. The Morgan fingerprint density at radius 1 is 0.654 bits per heavy atom. The summed E-state index contributed by atoms with van der Waals surface area (Å²) in [7, 11) is 0. The van der Waals surface area contributed by atoms with E-state index < -0.39 is 0 Å². The average molecular weight is 354 g/mol. The third-order valence-corrected chi connectivity index (χ3v) is 3.78. The molecule has 0 aliphatic heterocycles. The van der Waals surface area contributed by atoms with Crippen LogP contribution in [0.25, 0.3) is 22.0 Å². The zero-order valence-electron chi connectivity index (χ0n) is 14.4. The van der Waals surface area contributed by atoms with Gasteiger partial charge in [-0.25, -0.2) is 0 Å². The largest absolute Gasteiger partial charge is 3.00 e. The fourth-order valence-corrected chi connectivity index (χ4v) is 2.50. The standard InChI is InChI=1S/C12H10O.C10H9NO.Al/c13-12-8-6-11(7-9-12)10-4-2-1-3-5-10;1-7-5-6-8-3-2-4-9(12)10(8)11-7;/h1-9,13H;2-6,12H,1H3;/q;;+3/p-2. The molecule has 0 saturated carbocycles. The molecule has 26 heavy (non-hydrogen) atoms. The molecule has 3 aromatic carbocycles. The summed E-state index contributed by atoms with van der Waals surface area (Å²) in [5.74, 6) is 0.0517. The number of aromatic nitrogens is 1. The van der Waals surface area contributed by atoms with Crippen molar-refractivity contribution < 1.29 is 10.2 Å². The number of pyridine rings is 1. The molecule has 124 valence electrons. The number of hydrogen-bond acceptors (Lipinski definition) is 3. The number of hydrogen-bond donors (Lipinski definition) is 0. The van der Waals surface area contributed by atoms with E-state index in [1.165, 1.54) is 6.07 Å². The van der Waals surface area contributed by atoms with Gasteiger partial charge in [-0.3, -0.25) is 4.98 Å². The second-order valence-electron chi connectivity index (χ2n) is 5.67. The van der Waals surface area contributed by atoms with E-state index in [4.69, 9.17) is 0 Å². The minimum Gasteiger partial charge on any atom is -0.872 e. The Morgan fingerprint density at radius 2 is 1.31 bits per heavy atom. The van der Waals surface area contributed by atoms with Crippen LogP contribution in [0.4, 0.5) is 0 Å². The molecule has 0 bridgehead atoms. The van der Waals surface area contributed by atoms with Crippen molar-refractivity contribution in [1.82, 2.24) is 4.98 Å². The minimum atomic E-state index is -0.00352. The SMILES string of the molecule is Cc1ccc2cccc([O-])c2n1.[Al+3].[O-]c1ccc(-c2ccccc2)cc1. The van der Waals surface area contributed by atoms with Crippen molar-refractivity contribution in [2.24, 2.45) is 0 Å². The van der Waals surface area contributed by atoms with Crippen LogP contribution in [-0.2, 0) is 0 Å². The van der Waals surface area contributed by atoms with Crippen LogP contribution in [0, 0.1) is 6.92 Å². The van der Waals surface area contributed by atoms with E-state index in [0.29, 0.717) is 5.52 Å². The smallest absolute Gasteiger partial charge is 0.872 e. The number of benzene rings is 3. The van der Waals surface area contributed by atoms with Crippen molar-refractivity contribution in [2.75, 3.05) is 0 Å². The molecule has 0 N–H and O–H groups in total. The van der Waals surface area contributed by atoms with Crippen molar-refractivity contribution in [1.29, 1.82) is 0 Å². The molecule has 0 radical (unpaired) electrons. The predicted octanol–water partition coefficient (Wildman–Crippen LogP) is 3.66. The molecule has 0 fully saturated rings. The Hall–Kier alpha value is -2.80. The number of para-hydroxylation sites is 1. The van der Waals surface area contributed by atoms with Gasteiger partial charge in [0.15, 0.2) is 0 Å². The molecule has 0 amide bonds. The van der Waals surface area contributed by atoms with Crippen LogP contribution in [0.15, 0.2) is 84.9 Å². The summed E-state index contributed by atoms with van der Waals surface area (Å²) >= 11 is 0. The molecule has 0 unspecified atom stereocenters. The van der Waals surface area contributed by atoms with E-state index in [1.807, 2.05) is 67.6 Å². The maximum absolute atomic E-state index is 11.3. The van der Waals surface area contributed by atoms with Gasteiger partial charge in [0.2, 0.25) is 0 Å². The monoisotopic (exact) mass is 354 g/mol. The fourth-order valence-electron chi connectivity index (χ4n) is 2.50. The average Bonchev–Trinajstić information content (AvgIpc) is 2.64. The topological polar surface area (TPSA) is 59.0 Å². The van der Waals surface area contributed by atoms with Crippen LogP contribution in [0.2, 0.25) is 0 Å². The first-order valence-electron chi connectivity index (χ1n) is 7.99. The first-order chi connectivity index (χ1) is 12.1. The number of fused-ring (bicyclic) bond motifs is 1. The number of aryl methyl sites for hydroxylation is 1. The molecule has 4 aromatic rings. The van der Waals surface area contributed by atoms with E-state index in [1.54, 1.807) is 18.2 Å². The van der Waals surface area contributed by atoms with Crippen LogP contribution in [0.1, 0.15) is 5.69 Å². The van der Waals surface area contributed by atoms with E-state index >= 15 is 0 Å². The maximum Gasteiger partial charge on any atom is 3.00 e. The molecule has 0 spiro atoms. The Balaban J connectivity index is 0.000000180. The fraction of sp³-hybridized carbons (Fsp3) is 0.0455. The summed E-state index contributed by atoms with van der Waals surface area (Å²) in [5.41, 5.74) is 3.67. The Kier molecular flexibility index (Phi) is 6.80. The van der Waals surface area contributed by atoms with Gasteiger partial charge >= 0.3 is 17.4 Å². The molecule has 4 rings (SSSR count). The molecule has 0 aliphatic rings. The predicted molar refractivity (Wildman–Crippen MR) is 103 cm³/mol. The van der Waals surface area contributed by atoms with Crippen LogP contribution in [-0.4, -0.2) is 22.3 Å². The molecule has 0 atom stereocenters. The normalized spacial score (nSPS) is 9.73. The van der Waals surface area contributed by atoms with Gasteiger partial charge in [-0.2, -0.15) is 0 Å². The third kappa shape index (κ3) is 4.86. The molecule has 0 saturated heterocycles.